The van der Waals surface area contributed by atoms with E-state index in [1.807, 2.05) is 25.1 Å². The maximum absolute atomic E-state index is 12.6. The Hall–Kier alpha value is -2.83. The van der Waals surface area contributed by atoms with Gasteiger partial charge in [0.15, 0.2) is 5.58 Å². The second-order valence-electron chi connectivity index (χ2n) is 6.21. The number of benzene rings is 3. The number of hydrogen-bond acceptors (Lipinski definition) is 4. The van der Waals surface area contributed by atoms with Crippen molar-refractivity contribution in [2.75, 3.05) is 11.9 Å². The molecule has 29 heavy (non-hydrogen) atoms. The molecule has 1 heterocycles. The molecule has 0 saturated heterocycles. The van der Waals surface area contributed by atoms with Crippen molar-refractivity contribution >= 4 is 50.2 Å². The molecule has 0 bridgehead atoms. The number of fused-ring (bicyclic) bond motifs is 1. The molecule has 4 rings (SSSR count). The summed E-state index contributed by atoms with van der Waals surface area (Å²) in [6, 6.07) is 17.9. The molecule has 7 heteroatoms. The largest absolute Gasteiger partial charge is 0.493 e. The third-order valence-corrected chi connectivity index (χ3v) is 5.19. The number of aromatic nitrogens is 1. The standard InChI is InChI=1S/C22H16BrClN2O3/c1-2-28-19-9-7-13(11-16(19)23)21(27)25-14-8-10-20-18(12-14)26-22(29-20)15-5-3-4-6-17(15)24/h3-12H,2H2,1H3,(H,25,27). The zero-order valence-corrected chi connectivity index (χ0v) is 17.8. The van der Waals surface area contributed by atoms with Crippen molar-refractivity contribution < 1.29 is 13.9 Å². The van der Waals surface area contributed by atoms with Gasteiger partial charge in [-0.3, -0.25) is 4.79 Å². The van der Waals surface area contributed by atoms with E-state index < -0.39 is 0 Å². The first-order valence-corrected chi connectivity index (χ1v) is 10.1. The van der Waals surface area contributed by atoms with E-state index in [0.717, 1.165) is 10.0 Å². The van der Waals surface area contributed by atoms with Gasteiger partial charge < -0.3 is 14.5 Å². The Morgan fingerprint density at radius 3 is 2.76 bits per heavy atom. The van der Waals surface area contributed by atoms with Crippen LogP contribution in [0.5, 0.6) is 5.75 Å². The minimum Gasteiger partial charge on any atom is -0.493 e. The molecule has 146 valence electrons. The van der Waals surface area contributed by atoms with Gasteiger partial charge in [-0.25, -0.2) is 4.98 Å². The lowest BCUT2D eigenvalue weighted by Gasteiger charge is -2.09. The molecule has 0 aliphatic heterocycles. The maximum Gasteiger partial charge on any atom is 0.255 e. The quantitative estimate of drug-likeness (QED) is 0.358. The van der Waals surface area contributed by atoms with E-state index in [2.05, 4.69) is 26.2 Å². The molecule has 0 saturated carbocycles. The van der Waals surface area contributed by atoms with Crippen molar-refractivity contribution in [3.05, 3.63) is 75.7 Å². The van der Waals surface area contributed by atoms with E-state index >= 15 is 0 Å². The first kappa shape index (κ1) is 19.5. The molecule has 3 aromatic carbocycles. The molecule has 1 N–H and O–H groups in total. The predicted molar refractivity (Wildman–Crippen MR) is 118 cm³/mol. The molecule has 4 aromatic rings. The van der Waals surface area contributed by atoms with Crippen LogP contribution in [-0.2, 0) is 0 Å². The van der Waals surface area contributed by atoms with Crippen LogP contribution >= 0.6 is 27.5 Å². The van der Waals surface area contributed by atoms with Gasteiger partial charge in [0, 0.05) is 11.3 Å². The first-order valence-electron chi connectivity index (χ1n) is 8.94. The fourth-order valence-corrected chi connectivity index (χ4v) is 3.58. The second kappa shape index (κ2) is 8.27. The van der Waals surface area contributed by atoms with E-state index in [4.69, 9.17) is 20.8 Å². The Morgan fingerprint density at radius 2 is 2.00 bits per heavy atom. The van der Waals surface area contributed by atoms with Crippen LogP contribution in [0.3, 0.4) is 0 Å². The van der Waals surface area contributed by atoms with Gasteiger partial charge >= 0.3 is 0 Å². The first-order chi connectivity index (χ1) is 14.0. The van der Waals surface area contributed by atoms with Crippen LogP contribution in [0.15, 0.2) is 69.6 Å². The van der Waals surface area contributed by atoms with Gasteiger partial charge in [0.1, 0.15) is 11.3 Å². The summed E-state index contributed by atoms with van der Waals surface area (Å²) in [7, 11) is 0. The van der Waals surface area contributed by atoms with Gasteiger partial charge in [0.05, 0.1) is 21.7 Å². The lowest BCUT2D eigenvalue weighted by molar-refractivity contribution is 0.102. The highest BCUT2D eigenvalue weighted by Crippen LogP contribution is 2.31. The zero-order valence-electron chi connectivity index (χ0n) is 15.4. The molecular weight excluding hydrogens is 456 g/mol. The zero-order chi connectivity index (χ0) is 20.4. The number of halogens is 2. The van der Waals surface area contributed by atoms with Gasteiger partial charge in [-0.15, -0.1) is 0 Å². The van der Waals surface area contributed by atoms with E-state index in [1.165, 1.54) is 0 Å². The number of amides is 1. The third kappa shape index (κ3) is 4.13. The van der Waals surface area contributed by atoms with E-state index in [-0.39, 0.29) is 5.91 Å². The summed E-state index contributed by atoms with van der Waals surface area (Å²) < 4.78 is 12.0. The summed E-state index contributed by atoms with van der Waals surface area (Å²) in [6.45, 7) is 2.46. The van der Waals surface area contributed by atoms with Gasteiger partial charge in [-0.05, 0) is 71.4 Å². The number of oxazole rings is 1. The molecule has 0 atom stereocenters. The molecule has 0 fully saturated rings. The number of nitrogens with one attached hydrogen (secondary N) is 1. The van der Waals surface area contributed by atoms with Crippen molar-refractivity contribution in [1.29, 1.82) is 0 Å². The van der Waals surface area contributed by atoms with Crippen LogP contribution in [0.4, 0.5) is 5.69 Å². The summed E-state index contributed by atoms with van der Waals surface area (Å²) in [6.07, 6.45) is 0. The lowest BCUT2D eigenvalue weighted by Crippen LogP contribution is -2.12. The van der Waals surface area contributed by atoms with E-state index in [0.29, 0.717) is 45.6 Å². The summed E-state index contributed by atoms with van der Waals surface area (Å²) >= 11 is 9.66. The predicted octanol–water partition coefficient (Wildman–Crippen LogP) is 6.56. The smallest absolute Gasteiger partial charge is 0.255 e. The number of anilines is 1. The highest BCUT2D eigenvalue weighted by molar-refractivity contribution is 9.10. The molecule has 0 radical (unpaired) electrons. The average molecular weight is 472 g/mol. The van der Waals surface area contributed by atoms with Crippen molar-refractivity contribution in [2.24, 2.45) is 0 Å². The SMILES string of the molecule is CCOc1ccc(C(=O)Nc2ccc3oc(-c4ccccc4Cl)nc3c2)cc1Br. The van der Waals surface area contributed by atoms with Crippen LogP contribution in [0.1, 0.15) is 17.3 Å². The summed E-state index contributed by atoms with van der Waals surface area (Å²) in [5.74, 6) is 0.896. The molecule has 0 aliphatic rings. The Labute approximate surface area is 180 Å². The number of rotatable bonds is 5. The molecule has 1 amide bonds. The monoisotopic (exact) mass is 470 g/mol. The minimum atomic E-state index is -0.233. The van der Waals surface area contributed by atoms with Crippen LogP contribution in [0.25, 0.3) is 22.6 Å². The number of nitrogens with zero attached hydrogens (tertiary/aromatic N) is 1. The van der Waals surface area contributed by atoms with Crippen LogP contribution < -0.4 is 10.1 Å². The Bertz CT molecular complexity index is 1210. The van der Waals surface area contributed by atoms with Crippen molar-refractivity contribution in [2.45, 2.75) is 6.92 Å². The highest BCUT2D eigenvalue weighted by Gasteiger charge is 2.13. The van der Waals surface area contributed by atoms with Crippen LogP contribution in [0.2, 0.25) is 5.02 Å². The lowest BCUT2D eigenvalue weighted by atomic mass is 10.2. The van der Waals surface area contributed by atoms with Crippen LogP contribution in [0, 0.1) is 0 Å². The van der Waals surface area contributed by atoms with Crippen molar-refractivity contribution in [3.63, 3.8) is 0 Å². The summed E-state index contributed by atoms with van der Waals surface area (Å²) in [5, 5.41) is 3.44. The van der Waals surface area contributed by atoms with Crippen LogP contribution in [-0.4, -0.2) is 17.5 Å². The Kier molecular flexibility index (Phi) is 5.56. The van der Waals surface area contributed by atoms with Gasteiger partial charge in [0.2, 0.25) is 5.89 Å². The number of carbonyl (C=O) groups is 1. The highest BCUT2D eigenvalue weighted by atomic mass is 79.9. The van der Waals surface area contributed by atoms with Gasteiger partial charge in [-0.1, -0.05) is 23.7 Å². The second-order valence-corrected chi connectivity index (χ2v) is 7.48. The Morgan fingerprint density at radius 1 is 1.17 bits per heavy atom. The summed E-state index contributed by atoms with van der Waals surface area (Å²) in [4.78, 5) is 17.1. The fourth-order valence-electron chi connectivity index (χ4n) is 2.87. The molecule has 1 aromatic heterocycles. The van der Waals surface area contributed by atoms with Gasteiger partial charge in [-0.2, -0.15) is 0 Å². The average Bonchev–Trinajstić information content (AvgIpc) is 3.13. The number of carbonyl (C=O) groups excluding carboxylic acids is 1. The number of ether oxygens (including phenoxy) is 1. The van der Waals surface area contributed by atoms with Crippen molar-refractivity contribution in [3.8, 4) is 17.2 Å². The molecule has 0 unspecified atom stereocenters. The molecular formula is C22H16BrClN2O3. The summed E-state index contributed by atoms with van der Waals surface area (Å²) in [5.41, 5.74) is 3.09. The van der Waals surface area contributed by atoms with Crippen molar-refractivity contribution in [1.82, 2.24) is 4.98 Å². The van der Waals surface area contributed by atoms with E-state index in [9.17, 15) is 4.79 Å². The molecule has 0 aliphatic carbocycles. The topological polar surface area (TPSA) is 64.4 Å². The number of hydrogen-bond donors (Lipinski definition) is 1. The van der Waals surface area contributed by atoms with E-state index in [1.54, 1.807) is 42.5 Å². The molecule has 0 spiro atoms. The Balaban J connectivity index is 1.58. The maximum atomic E-state index is 12.6. The fraction of sp³-hybridized carbons (Fsp3) is 0.0909. The molecule has 5 nitrogen and oxygen atoms in total. The minimum absolute atomic E-state index is 0.233. The van der Waals surface area contributed by atoms with Gasteiger partial charge in [0.25, 0.3) is 5.91 Å². The third-order valence-electron chi connectivity index (χ3n) is 4.24. The normalized spacial score (nSPS) is 10.9.